The van der Waals surface area contributed by atoms with Crippen LogP contribution >= 0.6 is 22.6 Å². The van der Waals surface area contributed by atoms with Crippen LogP contribution in [-0.2, 0) is 0 Å². The van der Waals surface area contributed by atoms with Crippen LogP contribution in [0.3, 0.4) is 0 Å². The van der Waals surface area contributed by atoms with Crippen LogP contribution in [0.15, 0.2) is 36.5 Å². The molecule has 1 aromatic heterocycles. The average Bonchev–Trinajstić information content (AvgIpc) is 2.33. The highest BCUT2D eigenvalue weighted by molar-refractivity contribution is 14.1. The fourth-order valence-electron chi connectivity index (χ4n) is 1.37. The Labute approximate surface area is 114 Å². The van der Waals surface area contributed by atoms with E-state index in [0.29, 0.717) is 5.95 Å². The zero-order valence-corrected chi connectivity index (χ0v) is 11.6. The molecule has 0 saturated heterocycles. The lowest BCUT2D eigenvalue weighted by molar-refractivity contribution is 1.09. The second kappa shape index (κ2) is 5.81. The minimum Gasteiger partial charge on any atom is -0.354 e. The molecule has 2 aromatic rings. The Bertz CT molecular complexity index is 501. The van der Waals surface area contributed by atoms with Crippen molar-refractivity contribution in [2.75, 3.05) is 17.2 Å². The number of hydrogen-bond donors (Lipinski definition) is 2. The molecule has 0 aliphatic heterocycles. The van der Waals surface area contributed by atoms with Crippen molar-refractivity contribution in [2.24, 2.45) is 0 Å². The third-order valence-electron chi connectivity index (χ3n) is 2.13. The maximum atomic E-state index is 4.36. The Morgan fingerprint density at radius 2 is 2.06 bits per heavy atom. The fourth-order valence-corrected chi connectivity index (χ4v) is 1.89. The second-order valence-electron chi connectivity index (χ2n) is 3.40. The van der Waals surface area contributed by atoms with Crippen molar-refractivity contribution < 1.29 is 0 Å². The lowest BCUT2D eigenvalue weighted by Crippen LogP contribution is -2.03. The summed E-state index contributed by atoms with van der Waals surface area (Å²) in [5, 5.41) is 6.36. The first-order valence-electron chi connectivity index (χ1n) is 5.38. The van der Waals surface area contributed by atoms with Gasteiger partial charge in [-0.15, -0.1) is 0 Å². The largest absolute Gasteiger partial charge is 0.354 e. The van der Waals surface area contributed by atoms with Crippen LogP contribution in [-0.4, -0.2) is 16.5 Å². The number of para-hydroxylation sites is 1. The van der Waals surface area contributed by atoms with E-state index in [1.54, 1.807) is 6.20 Å². The van der Waals surface area contributed by atoms with Gasteiger partial charge in [-0.1, -0.05) is 12.1 Å². The summed E-state index contributed by atoms with van der Waals surface area (Å²) in [6.07, 6.45) is 1.74. The molecule has 88 valence electrons. The smallest absolute Gasteiger partial charge is 0.224 e. The molecule has 0 aliphatic rings. The monoisotopic (exact) mass is 340 g/mol. The van der Waals surface area contributed by atoms with Crippen LogP contribution in [0.1, 0.15) is 6.92 Å². The first-order valence-corrected chi connectivity index (χ1v) is 6.46. The Hall–Kier alpha value is -1.37. The maximum Gasteiger partial charge on any atom is 0.224 e. The van der Waals surface area contributed by atoms with Gasteiger partial charge in [0, 0.05) is 16.3 Å². The second-order valence-corrected chi connectivity index (χ2v) is 4.56. The molecule has 17 heavy (non-hydrogen) atoms. The average molecular weight is 340 g/mol. The van der Waals surface area contributed by atoms with Gasteiger partial charge in [0.25, 0.3) is 0 Å². The van der Waals surface area contributed by atoms with Gasteiger partial charge in [0.15, 0.2) is 0 Å². The normalized spacial score (nSPS) is 10.0. The van der Waals surface area contributed by atoms with E-state index in [1.807, 2.05) is 31.2 Å². The third-order valence-corrected chi connectivity index (χ3v) is 3.07. The zero-order chi connectivity index (χ0) is 12.1. The summed E-state index contributed by atoms with van der Waals surface area (Å²) in [6.45, 7) is 2.83. The van der Waals surface area contributed by atoms with Crippen molar-refractivity contribution in [2.45, 2.75) is 6.92 Å². The minimum absolute atomic E-state index is 0.642. The molecule has 4 nitrogen and oxygen atoms in total. The number of benzene rings is 1. The molecule has 2 N–H and O–H groups in total. The summed E-state index contributed by atoms with van der Waals surface area (Å²) in [7, 11) is 0. The van der Waals surface area contributed by atoms with Gasteiger partial charge >= 0.3 is 0 Å². The molecule has 0 bridgehead atoms. The van der Waals surface area contributed by atoms with E-state index in [0.717, 1.165) is 21.6 Å². The predicted molar refractivity (Wildman–Crippen MR) is 78.6 cm³/mol. The summed E-state index contributed by atoms with van der Waals surface area (Å²) in [4.78, 5) is 8.49. The number of hydrogen-bond acceptors (Lipinski definition) is 4. The molecule has 5 heteroatoms. The van der Waals surface area contributed by atoms with Gasteiger partial charge in [-0.05, 0) is 47.7 Å². The van der Waals surface area contributed by atoms with Crippen LogP contribution in [0.2, 0.25) is 0 Å². The van der Waals surface area contributed by atoms with Crippen molar-refractivity contribution in [1.82, 2.24) is 9.97 Å². The molecule has 0 fully saturated rings. The summed E-state index contributed by atoms with van der Waals surface area (Å²) in [5.74, 6) is 1.43. The molecule has 0 aliphatic carbocycles. The lowest BCUT2D eigenvalue weighted by atomic mass is 10.3. The topological polar surface area (TPSA) is 49.8 Å². The Kier molecular flexibility index (Phi) is 4.13. The molecular weight excluding hydrogens is 327 g/mol. The van der Waals surface area contributed by atoms with Gasteiger partial charge in [0.2, 0.25) is 5.95 Å². The maximum absolute atomic E-state index is 4.36. The van der Waals surface area contributed by atoms with E-state index in [1.165, 1.54) is 0 Å². The Morgan fingerprint density at radius 1 is 1.24 bits per heavy atom. The van der Waals surface area contributed by atoms with E-state index in [2.05, 4.69) is 49.3 Å². The van der Waals surface area contributed by atoms with Crippen molar-refractivity contribution in [3.8, 4) is 0 Å². The molecule has 1 heterocycles. The highest BCUT2D eigenvalue weighted by Gasteiger charge is 2.01. The molecule has 0 spiro atoms. The summed E-state index contributed by atoms with van der Waals surface area (Å²) >= 11 is 2.29. The number of nitrogens with one attached hydrogen (secondary N) is 2. The van der Waals surface area contributed by atoms with Gasteiger partial charge in [0.05, 0.1) is 5.69 Å². The van der Waals surface area contributed by atoms with Crippen LogP contribution in [0, 0.1) is 3.57 Å². The van der Waals surface area contributed by atoms with E-state index in [4.69, 9.17) is 0 Å². The molecule has 0 unspecified atom stereocenters. The van der Waals surface area contributed by atoms with Gasteiger partial charge in [-0.25, -0.2) is 4.98 Å². The van der Waals surface area contributed by atoms with Gasteiger partial charge in [0.1, 0.15) is 5.82 Å². The van der Waals surface area contributed by atoms with E-state index < -0.39 is 0 Å². The van der Waals surface area contributed by atoms with E-state index in [9.17, 15) is 0 Å². The Morgan fingerprint density at radius 3 is 2.82 bits per heavy atom. The number of aromatic nitrogens is 2. The first-order chi connectivity index (χ1) is 8.29. The van der Waals surface area contributed by atoms with Crippen LogP contribution < -0.4 is 10.6 Å². The third kappa shape index (κ3) is 3.29. The molecule has 2 rings (SSSR count). The zero-order valence-electron chi connectivity index (χ0n) is 9.44. The number of nitrogens with zero attached hydrogens (tertiary/aromatic N) is 2. The molecule has 1 aromatic carbocycles. The predicted octanol–water partition coefficient (Wildman–Crippen LogP) is 3.26. The summed E-state index contributed by atoms with van der Waals surface area (Å²) in [5.41, 5.74) is 1.05. The number of halogens is 1. The van der Waals surface area contributed by atoms with Crippen LogP contribution in [0.5, 0.6) is 0 Å². The van der Waals surface area contributed by atoms with Crippen molar-refractivity contribution in [1.29, 1.82) is 0 Å². The molecule has 0 saturated carbocycles. The minimum atomic E-state index is 0.642. The quantitative estimate of drug-likeness (QED) is 0.839. The van der Waals surface area contributed by atoms with Crippen molar-refractivity contribution in [3.63, 3.8) is 0 Å². The first kappa shape index (κ1) is 12.1. The van der Waals surface area contributed by atoms with E-state index >= 15 is 0 Å². The number of rotatable bonds is 4. The lowest BCUT2D eigenvalue weighted by Gasteiger charge is -2.08. The van der Waals surface area contributed by atoms with Crippen molar-refractivity contribution in [3.05, 3.63) is 40.1 Å². The molecule has 0 atom stereocenters. The van der Waals surface area contributed by atoms with Crippen molar-refractivity contribution >= 4 is 40.0 Å². The molecule has 0 radical (unpaired) electrons. The highest BCUT2D eigenvalue weighted by Crippen LogP contribution is 2.21. The van der Waals surface area contributed by atoms with Gasteiger partial charge < -0.3 is 10.6 Å². The number of anilines is 3. The summed E-state index contributed by atoms with van der Waals surface area (Å²) < 4.78 is 1.16. The fraction of sp³-hybridized carbons (Fsp3) is 0.167. The van der Waals surface area contributed by atoms with Gasteiger partial charge in [-0.3, -0.25) is 0 Å². The molecular formula is C12H13IN4. The highest BCUT2D eigenvalue weighted by atomic mass is 127. The van der Waals surface area contributed by atoms with E-state index in [-0.39, 0.29) is 0 Å². The SMILES string of the molecule is CCNc1nccc(Nc2ccccc2I)n1. The molecule has 0 amide bonds. The van der Waals surface area contributed by atoms with Gasteiger partial charge in [-0.2, -0.15) is 4.98 Å². The standard InChI is InChI=1S/C12H13IN4/c1-2-14-12-15-8-7-11(17-12)16-10-6-4-3-5-9(10)13/h3-8H,2H2,1H3,(H2,14,15,16,17). The van der Waals surface area contributed by atoms with Crippen LogP contribution in [0.4, 0.5) is 17.5 Å². The Balaban J connectivity index is 2.18. The summed E-state index contributed by atoms with van der Waals surface area (Å²) in [6, 6.07) is 9.93. The van der Waals surface area contributed by atoms with Crippen LogP contribution in [0.25, 0.3) is 0 Å².